The Bertz CT molecular complexity index is 710. The third kappa shape index (κ3) is 2.48. The van der Waals surface area contributed by atoms with Gasteiger partial charge in [0.15, 0.2) is 5.78 Å². The summed E-state index contributed by atoms with van der Waals surface area (Å²) in [5, 5.41) is 0. The number of hydrogen-bond acceptors (Lipinski definition) is 5. The molecule has 0 bridgehead atoms. The van der Waals surface area contributed by atoms with E-state index in [9.17, 15) is 22.6 Å². The Labute approximate surface area is 128 Å². The van der Waals surface area contributed by atoms with Crippen LogP contribution in [-0.2, 0) is 14.9 Å². The van der Waals surface area contributed by atoms with Crippen molar-refractivity contribution in [3.63, 3.8) is 0 Å². The Hall–Kier alpha value is -1.93. The van der Waals surface area contributed by atoms with Crippen LogP contribution < -0.4 is 4.74 Å². The average Bonchev–Trinajstić information content (AvgIpc) is 2.47. The first-order valence-electron chi connectivity index (χ1n) is 6.84. The third-order valence-electron chi connectivity index (χ3n) is 3.65. The lowest BCUT2D eigenvalue weighted by atomic mass is 9.99. The quantitative estimate of drug-likeness (QED) is 0.831. The second-order valence-corrected chi connectivity index (χ2v) is 6.51. The van der Waals surface area contributed by atoms with E-state index < -0.39 is 33.2 Å². The largest absolute Gasteiger partial charge is 0.458 e. The van der Waals surface area contributed by atoms with Gasteiger partial charge >= 0.3 is 15.1 Å². The maximum atomic E-state index is 12.6. The zero-order chi connectivity index (χ0) is 16.5. The minimum Gasteiger partial charge on any atom is -0.458 e. The number of amides is 1. The number of hydrogen-bond donors (Lipinski definition) is 1. The SMILES string of the molecule is CCN(CC)C(=O)C1(S(=O)(=O)O)CC(=O)c2ccccc2O1. The molecular weight excluding hydrogens is 310 g/mol. The molecular formula is C14H17NO6S. The minimum atomic E-state index is -4.96. The van der Waals surface area contributed by atoms with Crippen LogP contribution in [0.15, 0.2) is 24.3 Å². The van der Waals surface area contributed by atoms with Crippen molar-refractivity contribution in [1.29, 1.82) is 0 Å². The van der Waals surface area contributed by atoms with Crippen molar-refractivity contribution in [3.05, 3.63) is 29.8 Å². The van der Waals surface area contributed by atoms with E-state index >= 15 is 0 Å². The van der Waals surface area contributed by atoms with Gasteiger partial charge in [-0.1, -0.05) is 12.1 Å². The fraction of sp³-hybridized carbons (Fsp3) is 0.429. The molecule has 0 radical (unpaired) electrons. The number of rotatable bonds is 4. The highest BCUT2D eigenvalue weighted by atomic mass is 32.2. The number of Topliss-reactive ketones (excluding diaryl/α,β-unsaturated/α-hetero) is 1. The standard InChI is InChI=1S/C14H17NO6S/c1-3-15(4-2)13(17)14(22(18,19)20)9-11(16)10-7-5-6-8-12(10)21-14/h5-8H,3-4,9H2,1-2H3,(H,18,19,20). The molecule has 0 saturated heterocycles. The number of carbonyl (C=O) groups excluding carboxylic acids is 2. The molecule has 1 unspecified atom stereocenters. The molecule has 0 fully saturated rings. The number of para-hydroxylation sites is 1. The van der Waals surface area contributed by atoms with Gasteiger partial charge < -0.3 is 9.64 Å². The second-order valence-electron chi connectivity index (χ2n) is 4.90. The van der Waals surface area contributed by atoms with Crippen LogP contribution in [0.2, 0.25) is 0 Å². The Balaban J connectivity index is 2.60. The first kappa shape index (κ1) is 16.4. The summed E-state index contributed by atoms with van der Waals surface area (Å²) in [7, 11) is -4.96. The Morgan fingerprint density at radius 3 is 2.45 bits per heavy atom. The van der Waals surface area contributed by atoms with E-state index in [2.05, 4.69) is 0 Å². The van der Waals surface area contributed by atoms with Gasteiger partial charge in [-0.3, -0.25) is 14.1 Å². The van der Waals surface area contributed by atoms with Gasteiger partial charge in [0.05, 0.1) is 12.0 Å². The van der Waals surface area contributed by atoms with Crippen molar-refractivity contribution < 1.29 is 27.3 Å². The number of benzene rings is 1. The molecule has 0 aromatic heterocycles. The van der Waals surface area contributed by atoms with Crippen LogP contribution in [0.25, 0.3) is 0 Å². The number of ketones is 1. The van der Waals surface area contributed by atoms with Crippen LogP contribution in [0.5, 0.6) is 5.75 Å². The fourth-order valence-electron chi connectivity index (χ4n) is 2.43. The van der Waals surface area contributed by atoms with E-state index in [0.29, 0.717) is 0 Å². The van der Waals surface area contributed by atoms with Crippen molar-refractivity contribution in [2.75, 3.05) is 13.1 Å². The molecule has 8 heteroatoms. The van der Waals surface area contributed by atoms with Crippen molar-refractivity contribution in [2.45, 2.75) is 25.2 Å². The number of nitrogens with zero attached hydrogens (tertiary/aromatic N) is 1. The lowest BCUT2D eigenvalue weighted by molar-refractivity contribution is -0.141. The summed E-state index contributed by atoms with van der Waals surface area (Å²) in [6.45, 7) is 3.78. The Morgan fingerprint density at radius 2 is 1.91 bits per heavy atom. The van der Waals surface area contributed by atoms with Gasteiger partial charge in [0.25, 0.3) is 5.91 Å². The summed E-state index contributed by atoms with van der Waals surface area (Å²) in [4.78, 5) is 23.4. The minimum absolute atomic E-state index is 0.0307. The topological polar surface area (TPSA) is 101 Å². The van der Waals surface area contributed by atoms with Gasteiger partial charge in [0.2, 0.25) is 0 Å². The van der Waals surface area contributed by atoms with Crippen molar-refractivity contribution >= 4 is 21.8 Å². The molecule has 1 aromatic carbocycles. The molecule has 1 amide bonds. The summed E-state index contributed by atoms with van der Waals surface area (Å²) < 4.78 is 38.7. The first-order valence-corrected chi connectivity index (χ1v) is 8.28. The number of carbonyl (C=O) groups is 2. The van der Waals surface area contributed by atoms with E-state index in [1.807, 2.05) is 0 Å². The van der Waals surface area contributed by atoms with E-state index in [1.165, 1.54) is 17.0 Å². The molecule has 2 rings (SSSR count). The maximum Gasteiger partial charge on any atom is 0.318 e. The van der Waals surface area contributed by atoms with Crippen molar-refractivity contribution in [1.82, 2.24) is 4.90 Å². The highest BCUT2D eigenvalue weighted by molar-refractivity contribution is 7.88. The zero-order valence-electron chi connectivity index (χ0n) is 12.3. The van der Waals surface area contributed by atoms with Gasteiger partial charge in [-0.25, -0.2) is 0 Å². The molecule has 0 spiro atoms. The lowest BCUT2D eigenvalue weighted by Crippen LogP contribution is -2.60. The van der Waals surface area contributed by atoms with Gasteiger partial charge in [-0.15, -0.1) is 0 Å². The van der Waals surface area contributed by atoms with Crippen LogP contribution in [-0.4, -0.2) is 47.6 Å². The van der Waals surface area contributed by atoms with E-state index in [1.54, 1.807) is 26.0 Å². The van der Waals surface area contributed by atoms with Gasteiger partial charge in [-0.2, -0.15) is 8.42 Å². The van der Waals surface area contributed by atoms with E-state index in [0.717, 1.165) is 0 Å². The molecule has 0 aliphatic carbocycles. The van der Waals surface area contributed by atoms with Crippen LogP contribution in [0, 0.1) is 0 Å². The normalized spacial score (nSPS) is 21.0. The smallest absolute Gasteiger partial charge is 0.318 e. The van der Waals surface area contributed by atoms with Crippen LogP contribution >= 0.6 is 0 Å². The molecule has 0 saturated carbocycles. The van der Waals surface area contributed by atoms with Crippen LogP contribution in [0.3, 0.4) is 0 Å². The number of ether oxygens (including phenoxy) is 1. The van der Waals surface area contributed by atoms with Crippen molar-refractivity contribution in [2.24, 2.45) is 0 Å². The molecule has 1 aliphatic heterocycles. The molecule has 1 aliphatic rings. The summed E-state index contributed by atoms with van der Waals surface area (Å²) in [5.74, 6) is -1.54. The lowest BCUT2D eigenvalue weighted by Gasteiger charge is -2.36. The molecule has 120 valence electrons. The highest BCUT2D eigenvalue weighted by Gasteiger charge is 2.58. The zero-order valence-corrected chi connectivity index (χ0v) is 13.1. The van der Waals surface area contributed by atoms with Gasteiger partial charge in [0, 0.05) is 13.1 Å². The predicted molar refractivity (Wildman–Crippen MR) is 78.2 cm³/mol. The van der Waals surface area contributed by atoms with E-state index in [4.69, 9.17) is 4.74 Å². The maximum absolute atomic E-state index is 12.6. The first-order chi connectivity index (χ1) is 10.3. The predicted octanol–water partition coefficient (Wildman–Crippen LogP) is 1.10. The molecule has 1 atom stereocenters. The number of fused-ring (bicyclic) bond motifs is 1. The molecule has 1 aromatic rings. The summed E-state index contributed by atoms with van der Waals surface area (Å²) in [5.41, 5.74) is 0.189. The molecule has 1 heterocycles. The summed E-state index contributed by atoms with van der Waals surface area (Å²) in [6.07, 6.45) is -0.752. The Kier molecular flexibility index (Phi) is 4.25. The monoisotopic (exact) mass is 327 g/mol. The average molecular weight is 327 g/mol. The number of likely N-dealkylation sites (N-methyl/N-ethyl adjacent to an activating group) is 1. The molecule has 22 heavy (non-hydrogen) atoms. The summed E-state index contributed by atoms with van der Waals surface area (Å²) in [6, 6.07) is 6.02. The Morgan fingerprint density at radius 1 is 1.32 bits per heavy atom. The second kappa shape index (κ2) is 5.69. The van der Waals surface area contributed by atoms with Crippen molar-refractivity contribution in [3.8, 4) is 5.75 Å². The molecule has 7 nitrogen and oxygen atoms in total. The third-order valence-corrected chi connectivity index (χ3v) is 4.88. The summed E-state index contributed by atoms with van der Waals surface area (Å²) >= 11 is 0. The van der Waals surface area contributed by atoms with Gasteiger partial charge in [0.1, 0.15) is 5.75 Å². The molecule has 1 N–H and O–H groups in total. The van der Waals surface area contributed by atoms with Crippen LogP contribution in [0.4, 0.5) is 0 Å². The van der Waals surface area contributed by atoms with Gasteiger partial charge in [-0.05, 0) is 26.0 Å². The highest BCUT2D eigenvalue weighted by Crippen LogP contribution is 2.37. The van der Waals surface area contributed by atoms with Crippen LogP contribution in [0.1, 0.15) is 30.6 Å². The fourth-order valence-corrected chi connectivity index (χ4v) is 3.29. The van der Waals surface area contributed by atoms with E-state index in [-0.39, 0.29) is 24.4 Å².